The largest absolute Gasteiger partial charge is 0.468 e. The summed E-state index contributed by atoms with van der Waals surface area (Å²) < 4.78 is 4.79. The van der Waals surface area contributed by atoms with Crippen LogP contribution in [0.1, 0.15) is 121 Å². The van der Waals surface area contributed by atoms with Crippen molar-refractivity contribution in [3.63, 3.8) is 0 Å². The van der Waals surface area contributed by atoms with Gasteiger partial charge in [-0.3, -0.25) is 19.3 Å². The van der Waals surface area contributed by atoms with Crippen molar-refractivity contribution in [2.24, 2.45) is 0 Å². The number of nitrogens with zero attached hydrogens (tertiary/aromatic N) is 1. The third-order valence-electron chi connectivity index (χ3n) is 6.99. The lowest BCUT2D eigenvalue weighted by atomic mass is 10.0. The van der Waals surface area contributed by atoms with Gasteiger partial charge in [-0.15, -0.1) is 0 Å². The van der Waals surface area contributed by atoms with E-state index in [4.69, 9.17) is 16.3 Å². The predicted molar refractivity (Wildman–Crippen MR) is 162 cm³/mol. The molecule has 0 heterocycles. The summed E-state index contributed by atoms with van der Waals surface area (Å²) in [5, 5.41) is 0.538. The second-order valence-corrected chi connectivity index (χ2v) is 11.7. The first-order valence-electron chi connectivity index (χ1n) is 14.6. The van der Waals surface area contributed by atoms with Crippen molar-refractivity contribution in [1.82, 2.24) is 0 Å². The summed E-state index contributed by atoms with van der Waals surface area (Å²) in [5.74, 6) is -0.843. The summed E-state index contributed by atoms with van der Waals surface area (Å²) in [5.41, 5.74) is 2.15. The SMILES string of the molecule is CCCCCCCCCCCCCCCCCC(=O)SCC(=O)N(CC(=O)OC)c1c(C)ccc(Cl)c1C. The van der Waals surface area contributed by atoms with Gasteiger partial charge in [0.2, 0.25) is 5.91 Å². The van der Waals surface area contributed by atoms with Crippen LogP contribution >= 0.6 is 23.4 Å². The molecule has 0 aromatic heterocycles. The third-order valence-corrected chi connectivity index (χ3v) is 8.32. The van der Waals surface area contributed by atoms with Crippen LogP contribution in [-0.4, -0.2) is 36.4 Å². The van der Waals surface area contributed by atoms with Crippen molar-refractivity contribution in [2.75, 3.05) is 24.3 Å². The second kappa shape index (κ2) is 21.3. The van der Waals surface area contributed by atoms with Gasteiger partial charge in [0.25, 0.3) is 0 Å². The molecule has 0 N–H and O–H groups in total. The number of anilines is 1. The maximum atomic E-state index is 13.0. The van der Waals surface area contributed by atoms with Crippen LogP contribution in [0.5, 0.6) is 0 Å². The first kappa shape index (κ1) is 34.5. The average molecular weight is 568 g/mol. The van der Waals surface area contributed by atoms with Crippen LogP contribution in [0.3, 0.4) is 0 Å². The zero-order valence-electron chi connectivity index (χ0n) is 24.2. The number of hydrogen-bond acceptors (Lipinski definition) is 5. The number of carbonyl (C=O) groups is 3. The fourth-order valence-electron chi connectivity index (χ4n) is 4.64. The smallest absolute Gasteiger partial charge is 0.325 e. The minimum atomic E-state index is -0.522. The minimum Gasteiger partial charge on any atom is -0.468 e. The molecule has 0 saturated carbocycles. The van der Waals surface area contributed by atoms with Gasteiger partial charge in [-0.25, -0.2) is 0 Å². The number of hydrogen-bond donors (Lipinski definition) is 0. The van der Waals surface area contributed by atoms with E-state index in [1.807, 2.05) is 19.9 Å². The van der Waals surface area contributed by atoms with E-state index in [-0.39, 0.29) is 23.3 Å². The number of thioether (sulfide) groups is 1. The van der Waals surface area contributed by atoms with Gasteiger partial charge >= 0.3 is 5.97 Å². The van der Waals surface area contributed by atoms with Crippen LogP contribution < -0.4 is 4.90 Å². The molecule has 0 spiro atoms. The van der Waals surface area contributed by atoms with E-state index < -0.39 is 5.97 Å². The Morgan fingerprint density at radius 3 is 1.82 bits per heavy atom. The standard InChI is InChI=1S/C31H50ClNO4S/c1-5-6-7-8-9-10-11-12-13-14-15-16-17-18-19-20-30(36)38-24-28(34)33(23-29(35)37-4)31-25(2)21-22-27(32)26(31)3/h21-22H,5-20,23-24H2,1-4H3. The molecule has 0 atom stereocenters. The van der Waals surface area contributed by atoms with Crippen molar-refractivity contribution in [3.05, 3.63) is 28.3 Å². The zero-order valence-corrected chi connectivity index (χ0v) is 25.8. The summed E-state index contributed by atoms with van der Waals surface area (Å²) >= 11 is 7.30. The maximum Gasteiger partial charge on any atom is 0.325 e. The van der Waals surface area contributed by atoms with Gasteiger partial charge in [0.15, 0.2) is 5.12 Å². The molecule has 0 saturated heterocycles. The van der Waals surface area contributed by atoms with E-state index in [2.05, 4.69) is 6.92 Å². The van der Waals surface area contributed by atoms with Crippen molar-refractivity contribution in [1.29, 1.82) is 0 Å². The molecule has 0 fully saturated rings. The number of amides is 1. The highest BCUT2D eigenvalue weighted by atomic mass is 35.5. The Hall–Kier alpha value is -1.53. The van der Waals surface area contributed by atoms with Gasteiger partial charge in [-0.2, -0.15) is 0 Å². The number of aryl methyl sites for hydroxylation is 1. The Kier molecular flexibility index (Phi) is 19.3. The Bertz CT molecular complexity index is 845. The van der Waals surface area contributed by atoms with Crippen molar-refractivity contribution < 1.29 is 19.1 Å². The van der Waals surface area contributed by atoms with E-state index in [0.29, 0.717) is 17.1 Å². The topological polar surface area (TPSA) is 63.7 Å². The summed E-state index contributed by atoms with van der Waals surface area (Å²) in [6.45, 7) is 5.73. The van der Waals surface area contributed by atoms with Crippen molar-refractivity contribution in [3.8, 4) is 0 Å². The molecule has 0 aliphatic carbocycles. The van der Waals surface area contributed by atoms with E-state index in [1.165, 1.54) is 89.1 Å². The monoisotopic (exact) mass is 567 g/mol. The lowest BCUT2D eigenvalue weighted by molar-refractivity contribution is -0.139. The van der Waals surface area contributed by atoms with Crippen molar-refractivity contribution in [2.45, 2.75) is 124 Å². The number of esters is 1. The Morgan fingerprint density at radius 2 is 1.32 bits per heavy atom. The molecule has 7 heteroatoms. The Morgan fingerprint density at radius 1 is 0.816 bits per heavy atom. The van der Waals surface area contributed by atoms with Crippen LogP contribution in [0.4, 0.5) is 5.69 Å². The first-order valence-corrected chi connectivity index (χ1v) is 16.0. The molecule has 216 valence electrons. The van der Waals surface area contributed by atoms with Crippen LogP contribution in [-0.2, 0) is 19.1 Å². The number of ether oxygens (including phenoxy) is 1. The molecule has 0 bridgehead atoms. The van der Waals surface area contributed by atoms with Gasteiger partial charge < -0.3 is 4.74 Å². The van der Waals surface area contributed by atoms with Gasteiger partial charge in [0.05, 0.1) is 18.6 Å². The molecule has 1 rings (SSSR count). The summed E-state index contributed by atoms with van der Waals surface area (Å²) in [4.78, 5) is 38.8. The second-order valence-electron chi connectivity index (χ2n) is 10.3. The third kappa shape index (κ3) is 14.6. The molecule has 1 aromatic rings. The van der Waals surface area contributed by atoms with Gasteiger partial charge in [-0.1, -0.05) is 126 Å². The summed E-state index contributed by atoms with van der Waals surface area (Å²) in [6.07, 6.45) is 19.8. The number of halogens is 1. The van der Waals surface area contributed by atoms with Crippen molar-refractivity contribution >= 4 is 46.0 Å². The van der Waals surface area contributed by atoms with Crippen LogP contribution in [0.15, 0.2) is 12.1 Å². The fourth-order valence-corrected chi connectivity index (χ4v) is 5.53. The van der Waals surface area contributed by atoms with Crippen LogP contribution in [0, 0.1) is 13.8 Å². The normalized spacial score (nSPS) is 11.0. The Labute approximate surface area is 240 Å². The number of benzene rings is 1. The highest BCUT2D eigenvalue weighted by Crippen LogP contribution is 2.31. The van der Waals surface area contributed by atoms with E-state index in [0.717, 1.165) is 42.2 Å². The first-order chi connectivity index (χ1) is 18.3. The summed E-state index contributed by atoms with van der Waals surface area (Å²) in [7, 11) is 1.29. The van der Waals surface area contributed by atoms with Crippen LogP contribution in [0.2, 0.25) is 5.02 Å². The van der Waals surface area contributed by atoms with E-state index in [1.54, 1.807) is 6.07 Å². The molecular weight excluding hydrogens is 518 g/mol. The highest BCUT2D eigenvalue weighted by Gasteiger charge is 2.24. The minimum absolute atomic E-state index is 0.0139. The lowest BCUT2D eigenvalue weighted by Crippen LogP contribution is -2.38. The van der Waals surface area contributed by atoms with Gasteiger partial charge in [0, 0.05) is 11.4 Å². The predicted octanol–water partition coefficient (Wildman–Crippen LogP) is 8.98. The lowest BCUT2D eigenvalue weighted by Gasteiger charge is -2.25. The average Bonchev–Trinajstić information content (AvgIpc) is 2.91. The zero-order chi connectivity index (χ0) is 28.2. The number of unbranched alkanes of at least 4 members (excludes halogenated alkanes) is 14. The quantitative estimate of drug-likeness (QED) is 0.109. The fraction of sp³-hybridized carbons (Fsp3) is 0.710. The molecule has 0 unspecified atom stereocenters. The maximum absolute atomic E-state index is 13.0. The molecule has 1 amide bonds. The van der Waals surface area contributed by atoms with Gasteiger partial charge in [0.1, 0.15) is 6.54 Å². The van der Waals surface area contributed by atoms with Crippen LogP contribution in [0.25, 0.3) is 0 Å². The molecule has 0 radical (unpaired) electrons. The molecular formula is C31H50ClNO4S. The highest BCUT2D eigenvalue weighted by molar-refractivity contribution is 8.14. The molecule has 0 aliphatic heterocycles. The molecule has 38 heavy (non-hydrogen) atoms. The van der Waals surface area contributed by atoms with E-state index in [9.17, 15) is 14.4 Å². The number of methoxy groups -OCH3 is 1. The molecule has 1 aromatic carbocycles. The number of rotatable bonds is 21. The molecule has 0 aliphatic rings. The summed E-state index contributed by atoms with van der Waals surface area (Å²) in [6, 6.07) is 3.59. The van der Waals surface area contributed by atoms with E-state index >= 15 is 0 Å². The Balaban J connectivity index is 2.23. The van der Waals surface area contributed by atoms with Gasteiger partial charge in [-0.05, 0) is 37.5 Å². The number of carbonyl (C=O) groups excluding carboxylic acids is 3. The molecule has 5 nitrogen and oxygen atoms in total.